The van der Waals surface area contributed by atoms with Crippen molar-refractivity contribution in [3.63, 3.8) is 0 Å². The van der Waals surface area contributed by atoms with Crippen molar-refractivity contribution in [1.82, 2.24) is 0 Å². The molecule has 72 valence electrons. The molecular weight excluding hydrogens is 236 g/mol. The lowest BCUT2D eigenvalue weighted by Gasteiger charge is -2.22. The predicted octanol–water partition coefficient (Wildman–Crippen LogP) is 1.98. The Morgan fingerprint density at radius 3 is 2.62 bits per heavy atom. The zero-order valence-electron chi connectivity index (χ0n) is 6.35. The lowest BCUT2D eigenvalue weighted by atomic mass is 10.0. The Bertz CT molecular complexity index is 320. The van der Waals surface area contributed by atoms with Crippen LogP contribution < -0.4 is 5.73 Å². The standard InChI is InChI=1S/C7H6Cl3NO2/c8-5-3(6(12)13)1-7(9,10)2-4(5)11/h1H,2,11H2,(H,12,13). The van der Waals surface area contributed by atoms with E-state index in [9.17, 15) is 4.79 Å². The van der Waals surface area contributed by atoms with Crippen molar-refractivity contribution in [1.29, 1.82) is 0 Å². The van der Waals surface area contributed by atoms with E-state index in [4.69, 9.17) is 45.6 Å². The molecular formula is C7H6Cl3NO2. The van der Waals surface area contributed by atoms with E-state index in [0.29, 0.717) is 0 Å². The molecule has 0 atom stereocenters. The number of carboxylic acids is 1. The van der Waals surface area contributed by atoms with Crippen LogP contribution in [0.25, 0.3) is 0 Å². The van der Waals surface area contributed by atoms with Crippen molar-refractivity contribution in [3.05, 3.63) is 22.4 Å². The Kier molecular flexibility index (Phi) is 2.80. The molecule has 0 radical (unpaired) electrons. The third kappa shape index (κ3) is 2.30. The Morgan fingerprint density at radius 1 is 1.62 bits per heavy atom. The van der Waals surface area contributed by atoms with E-state index >= 15 is 0 Å². The van der Waals surface area contributed by atoms with Crippen molar-refractivity contribution >= 4 is 40.8 Å². The molecule has 1 aliphatic carbocycles. The van der Waals surface area contributed by atoms with E-state index < -0.39 is 10.3 Å². The zero-order valence-corrected chi connectivity index (χ0v) is 8.62. The summed E-state index contributed by atoms with van der Waals surface area (Å²) in [5, 5.41) is 8.70. The molecule has 6 heteroatoms. The smallest absolute Gasteiger partial charge is 0.337 e. The monoisotopic (exact) mass is 241 g/mol. The second kappa shape index (κ2) is 3.40. The zero-order chi connectivity index (χ0) is 10.2. The molecule has 0 bridgehead atoms. The maximum atomic E-state index is 10.6. The average Bonchev–Trinajstić information content (AvgIpc) is 1.95. The highest BCUT2D eigenvalue weighted by atomic mass is 35.5. The molecule has 1 aliphatic rings. The largest absolute Gasteiger partial charge is 0.478 e. The Balaban J connectivity index is 3.16. The first kappa shape index (κ1) is 10.7. The topological polar surface area (TPSA) is 63.3 Å². The minimum atomic E-state index is -1.28. The van der Waals surface area contributed by atoms with Crippen LogP contribution >= 0.6 is 34.8 Å². The van der Waals surface area contributed by atoms with E-state index in [2.05, 4.69) is 0 Å². The van der Waals surface area contributed by atoms with E-state index in [1.54, 1.807) is 0 Å². The SMILES string of the molecule is NC1=C(Cl)C(C(=O)O)=CC(Cl)(Cl)C1. The summed E-state index contributed by atoms with van der Waals surface area (Å²) < 4.78 is -1.28. The summed E-state index contributed by atoms with van der Waals surface area (Å²) in [5.41, 5.74) is 5.49. The summed E-state index contributed by atoms with van der Waals surface area (Å²) in [4.78, 5) is 10.6. The first-order valence-corrected chi connectivity index (χ1v) is 4.45. The highest BCUT2D eigenvalue weighted by Crippen LogP contribution is 2.38. The molecule has 0 fully saturated rings. The van der Waals surface area contributed by atoms with Gasteiger partial charge in [0.05, 0.1) is 10.6 Å². The summed E-state index contributed by atoms with van der Waals surface area (Å²) in [6.07, 6.45) is 1.31. The highest BCUT2D eigenvalue weighted by molar-refractivity contribution is 6.50. The number of carbonyl (C=O) groups is 1. The van der Waals surface area contributed by atoms with E-state index in [0.717, 1.165) is 0 Å². The van der Waals surface area contributed by atoms with Gasteiger partial charge < -0.3 is 10.8 Å². The van der Waals surface area contributed by atoms with Crippen LogP contribution in [-0.2, 0) is 4.79 Å². The molecule has 0 aromatic rings. The van der Waals surface area contributed by atoms with E-state index in [-0.39, 0.29) is 22.7 Å². The summed E-state index contributed by atoms with van der Waals surface area (Å²) >= 11 is 17.1. The molecule has 0 saturated carbocycles. The van der Waals surface area contributed by atoms with Gasteiger partial charge in [0.1, 0.15) is 4.33 Å². The first-order chi connectivity index (χ1) is 5.83. The molecule has 0 aromatic heterocycles. The van der Waals surface area contributed by atoms with Gasteiger partial charge in [0, 0.05) is 12.1 Å². The van der Waals surface area contributed by atoms with Crippen LogP contribution in [0.2, 0.25) is 0 Å². The fourth-order valence-corrected chi connectivity index (χ4v) is 1.69. The van der Waals surface area contributed by atoms with Crippen molar-refractivity contribution in [2.75, 3.05) is 0 Å². The molecule has 3 N–H and O–H groups in total. The Hall–Kier alpha value is -0.380. The van der Waals surface area contributed by atoms with Crippen molar-refractivity contribution < 1.29 is 9.90 Å². The molecule has 0 unspecified atom stereocenters. The van der Waals surface area contributed by atoms with Crippen LogP contribution in [0.4, 0.5) is 0 Å². The lowest BCUT2D eigenvalue weighted by Crippen LogP contribution is -2.23. The van der Waals surface area contributed by atoms with Gasteiger partial charge in [-0.1, -0.05) is 34.8 Å². The first-order valence-electron chi connectivity index (χ1n) is 3.32. The van der Waals surface area contributed by atoms with Crippen LogP contribution in [-0.4, -0.2) is 15.4 Å². The number of carboxylic acid groups (broad SMARTS) is 1. The van der Waals surface area contributed by atoms with Gasteiger partial charge >= 0.3 is 5.97 Å². The number of nitrogens with two attached hydrogens (primary N) is 1. The number of halogens is 3. The summed E-state index contributed by atoms with van der Waals surface area (Å²) in [7, 11) is 0. The molecule has 0 spiro atoms. The minimum absolute atomic E-state index is 0.00410. The van der Waals surface area contributed by atoms with Crippen LogP contribution in [0.1, 0.15) is 6.42 Å². The third-order valence-corrected chi connectivity index (χ3v) is 2.46. The highest BCUT2D eigenvalue weighted by Gasteiger charge is 2.32. The third-order valence-electron chi connectivity index (χ3n) is 1.53. The van der Waals surface area contributed by atoms with Gasteiger partial charge in [-0.05, 0) is 6.08 Å². The maximum absolute atomic E-state index is 10.6. The number of allylic oxidation sites excluding steroid dienone is 2. The van der Waals surface area contributed by atoms with Gasteiger partial charge in [0.25, 0.3) is 0 Å². The van der Waals surface area contributed by atoms with E-state index in [1.807, 2.05) is 0 Å². The predicted molar refractivity (Wildman–Crippen MR) is 51.8 cm³/mol. The fraction of sp³-hybridized carbons (Fsp3) is 0.286. The van der Waals surface area contributed by atoms with Gasteiger partial charge in [-0.3, -0.25) is 0 Å². The second-order valence-electron chi connectivity index (χ2n) is 2.64. The molecule has 1 rings (SSSR count). The molecule has 0 heterocycles. The average molecular weight is 242 g/mol. The summed E-state index contributed by atoms with van der Waals surface area (Å²) in [6.45, 7) is 0. The second-order valence-corrected chi connectivity index (χ2v) is 4.56. The lowest BCUT2D eigenvalue weighted by molar-refractivity contribution is -0.132. The molecule has 3 nitrogen and oxygen atoms in total. The fourth-order valence-electron chi connectivity index (χ4n) is 0.986. The van der Waals surface area contributed by atoms with Gasteiger partial charge in [-0.25, -0.2) is 4.79 Å². The van der Waals surface area contributed by atoms with Gasteiger partial charge in [-0.2, -0.15) is 0 Å². The number of aliphatic carboxylic acids is 1. The van der Waals surface area contributed by atoms with Crippen molar-refractivity contribution in [2.24, 2.45) is 5.73 Å². The number of rotatable bonds is 1. The normalized spacial score (nSPS) is 21.3. The number of hydrogen-bond donors (Lipinski definition) is 2. The van der Waals surface area contributed by atoms with E-state index in [1.165, 1.54) is 6.08 Å². The quantitative estimate of drug-likeness (QED) is 0.691. The van der Waals surface area contributed by atoms with Crippen LogP contribution in [0.3, 0.4) is 0 Å². The Labute approximate surface area is 89.7 Å². The van der Waals surface area contributed by atoms with Gasteiger partial charge in [-0.15, -0.1) is 0 Å². The van der Waals surface area contributed by atoms with Crippen molar-refractivity contribution in [2.45, 2.75) is 10.8 Å². The van der Waals surface area contributed by atoms with Crippen LogP contribution in [0.15, 0.2) is 22.4 Å². The number of hydrogen-bond acceptors (Lipinski definition) is 2. The molecule has 13 heavy (non-hydrogen) atoms. The number of alkyl halides is 2. The van der Waals surface area contributed by atoms with Crippen molar-refractivity contribution in [3.8, 4) is 0 Å². The molecule has 0 saturated heterocycles. The van der Waals surface area contributed by atoms with Gasteiger partial charge in [0.2, 0.25) is 0 Å². The van der Waals surface area contributed by atoms with Gasteiger partial charge in [0.15, 0.2) is 0 Å². The summed E-state index contributed by atoms with van der Waals surface area (Å²) in [5.74, 6) is -1.20. The Morgan fingerprint density at radius 2 is 2.15 bits per heavy atom. The summed E-state index contributed by atoms with van der Waals surface area (Å²) in [6, 6.07) is 0. The molecule has 0 amide bonds. The van der Waals surface area contributed by atoms with Crippen LogP contribution in [0, 0.1) is 0 Å². The maximum Gasteiger partial charge on any atom is 0.337 e. The molecule has 0 aromatic carbocycles. The minimum Gasteiger partial charge on any atom is -0.478 e. The molecule has 0 aliphatic heterocycles. The van der Waals surface area contributed by atoms with Crippen LogP contribution in [0.5, 0.6) is 0 Å².